The number of rotatable bonds is 5. The van der Waals surface area contributed by atoms with Crippen LogP contribution in [0.15, 0.2) is 48.5 Å². The van der Waals surface area contributed by atoms with E-state index in [1.54, 1.807) is 12.1 Å². The molecule has 3 N–H and O–H groups in total. The molecule has 110 valence electrons. The van der Waals surface area contributed by atoms with Crippen molar-refractivity contribution >= 4 is 23.3 Å². The van der Waals surface area contributed by atoms with Crippen molar-refractivity contribution in [3.8, 4) is 0 Å². The number of nitrogen functional groups attached to an aromatic ring is 1. The molecule has 2 rings (SSSR count). The summed E-state index contributed by atoms with van der Waals surface area (Å²) in [7, 11) is 1.36. The highest BCUT2D eigenvalue weighted by atomic mass is 35.5. The molecule has 0 saturated heterocycles. The molecule has 0 aliphatic carbocycles. The largest absolute Gasteiger partial charge is 0.468 e. The van der Waals surface area contributed by atoms with E-state index in [0.717, 1.165) is 11.1 Å². The molecular weight excluding hydrogens is 288 g/mol. The second-order valence-electron chi connectivity index (χ2n) is 4.57. The normalized spacial score (nSPS) is 11.9. The van der Waals surface area contributed by atoms with Crippen molar-refractivity contribution in [3.63, 3.8) is 0 Å². The van der Waals surface area contributed by atoms with Crippen LogP contribution in [0.2, 0.25) is 5.02 Å². The maximum absolute atomic E-state index is 11.4. The minimum absolute atomic E-state index is 0.0954. The summed E-state index contributed by atoms with van der Waals surface area (Å²) < 4.78 is 4.67. The van der Waals surface area contributed by atoms with E-state index in [-0.39, 0.29) is 18.6 Å². The highest BCUT2D eigenvalue weighted by Gasteiger charge is 2.17. The predicted octanol–water partition coefficient (Wildman–Crippen LogP) is 2.77. The average molecular weight is 305 g/mol. The van der Waals surface area contributed by atoms with Gasteiger partial charge in [0.15, 0.2) is 0 Å². The summed E-state index contributed by atoms with van der Waals surface area (Å²) in [6.45, 7) is 0.0954. The molecule has 4 nitrogen and oxygen atoms in total. The Balaban J connectivity index is 2.33. The lowest BCUT2D eigenvalue weighted by Gasteiger charge is -2.21. The summed E-state index contributed by atoms with van der Waals surface area (Å²) in [6.07, 6.45) is 0. The molecule has 0 radical (unpaired) electrons. The van der Waals surface area contributed by atoms with E-state index in [1.165, 1.54) is 7.11 Å². The third kappa shape index (κ3) is 3.97. The summed E-state index contributed by atoms with van der Waals surface area (Å²) in [6, 6.07) is 14.9. The van der Waals surface area contributed by atoms with Crippen molar-refractivity contribution in [2.45, 2.75) is 6.04 Å². The first-order valence-electron chi connectivity index (χ1n) is 6.52. The first-order valence-corrected chi connectivity index (χ1v) is 6.89. The summed E-state index contributed by atoms with van der Waals surface area (Å²) in [4.78, 5) is 11.4. The van der Waals surface area contributed by atoms with Crippen LogP contribution in [0.1, 0.15) is 17.2 Å². The summed E-state index contributed by atoms with van der Waals surface area (Å²) in [5.74, 6) is -0.330. The third-order valence-corrected chi connectivity index (χ3v) is 3.41. The molecule has 0 amide bonds. The molecule has 1 unspecified atom stereocenters. The fourth-order valence-electron chi connectivity index (χ4n) is 2.12. The van der Waals surface area contributed by atoms with Crippen molar-refractivity contribution < 1.29 is 9.53 Å². The van der Waals surface area contributed by atoms with E-state index >= 15 is 0 Å². The van der Waals surface area contributed by atoms with Crippen molar-refractivity contribution in [2.24, 2.45) is 0 Å². The number of anilines is 1. The van der Waals surface area contributed by atoms with Crippen molar-refractivity contribution in [3.05, 3.63) is 64.7 Å². The van der Waals surface area contributed by atoms with E-state index in [1.807, 2.05) is 36.4 Å². The lowest BCUT2D eigenvalue weighted by atomic mass is 9.97. The van der Waals surface area contributed by atoms with Crippen LogP contribution < -0.4 is 11.1 Å². The number of ether oxygens (including phenoxy) is 1. The van der Waals surface area contributed by atoms with Gasteiger partial charge in [0.05, 0.1) is 19.7 Å². The minimum Gasteiger partial charge on any atom is -0.468 e. The monoisotopic (exact) mass is 304 g/mol. The first kappa shape index (κ1) is 15.4. The molecule has 2 aromatic rings. The predicted molar refractivity (Wildman–Crippen MR) is 84.2 cm³/mol. The highest BCUT2D eigenvalue weighted by molar-refractivity contribution is 6.30. The van der Waals surface area contributed by atoms with E-state index in [9.17, 15) is 4.79 Å². The van der Waals surface area contributed by atoms with Crippen LogP contribution in [-0.2, 0) is 9.53 Å². The summed E-state index contributed by atoms with van der Waals surface area (Å²) in [5.41, 5.74) is 8.51. The Morgan fingerprint density at radius 2 is 2.00 bits per heavy atom. The molecule has 0 aromatic heterocycles. The maximum atomic E-state index is 11.4. The number of halogens is 1. The molecule has 0 bridgehead atoms. The second-order valence-corrected chi connectivity index (χ2v) is 5.01. The first-order chi connectivity index (χ1) is 10.1. The molecule has 0 saturated carbocycles. The van der Waals surface area contributed by atoms with E-state index in [2.05, 4.69) is 10.1 Å². The Hall–Kier alpha value is -2.04. The smallest absolute Gasteiger partial charge is 0.319 e. The number of esters is 1. The van der Waals surface area contributed by atoms with Crippen LogP contribution >= 0.6 is 11.6 Å². The fraction of sp³-hybridized carbons (Fsp3) is 0.188. The van der Waals surface area contributed by atoms with Crippen molar-refractivity contribution in [1.82, 2.24) is 5.32 Å². The molecular formula is C16H17ClN2O2. The van der Waals surface area contributed by atoms with Gasteiger partial charge in [0.1, 0.15) is 0 Å². The quantitative estimate of drug-likeness (QED) is 0.658. The number of nitrogens with one attached hydrogen (secondary N) is 1. The van der Waals surface area contributed by atoms with Gasteiger partial charge in [0.25, 0.3) is 0 Å². The highest BCUT2D eigenvalue weighted by Crippen LogP contribution is 2.28. The van der Waals surface area contributed by atoms with Crippen LogP contribution in [0.4, 0.5) is 5.69 Å². The molecule has 5 heteroatoms. The van der Waals surface area contributed by atoms with Gasteiger partial charge in [-0.25, -0.2) is 0 Å². The van der Waals surface area contributed by atoms with Crippen LogP contribution in [0.5, 0.6) is 0 Å². The van der Waals surface area contributed by atoms with Crippen LogP contribution in [0.3, 0.4) is 0 Å². The lowest BCUT2D eigenvalue weighted by Crippen LogP contribution is -2.29. The summed E-state index contributed by atoms with van der Waals surface area (Å²) in [5, 5.41) is 3.75. The third-order valence-electron chi connectivity index (χ3n) is 3.17. The minimum atomic E-state index is -0.330. The number of hydrogen-bond donors (Lipinski definition) is 2. The van der Waals surface area contributed by atoms with E-state index in [0.29, 0.717) is 10.7 Å². The zero-order valence-corrected chi connectivity index (χ0v) is 12.4. The molecule has 2 aromatic carbocycles. The number of carbonyl (C=O) groups is 1. The number of carbonyl (C=O) groups excluding carboxylic acids is 1. The Bertz CT molecular complexity index is 617. The van der Waals surface area contributed by atoms with Gasteiger partial charge in [-0.2, -0.15) is 0 Å². The number of nitrogens with two attached hydrogens (primary N) is 1. The Labute approximate surface area is 128 Å². The molecule has 0 aliphatic heterocycles. The molecule has 0 spiro atoms. The topological polar surface area (TPSA) is 64.3 Å². The molecule has 0 aliphatic rings. The van der Waals surface area contributed by atoms with Gasteiger partial charge in [-0.1, -0.05) is 48.0 Å². The molecule has 0 fully saturated rings. The zero-order chi connectivity index (χ0) is 15.2. The van der Waals surface area contributed by atoms with Gasteiger partial charge in [-0.15, -0.1) is 0 Å². The van der Waals surface area contributed by atoms with Gasteiger partial charge < -0.3 is 10.5 Å². The number of benzene rings is 2. The number of methoxy groups -OCH3 is 1. The Morgan fingerprint density at radius 3 is 2.62 bits per heavy atom. The van der Waals surface area contributed by atoms with E-state index in [4.69, 9.17) is 17.3 Å². The maximum Gasteiger partial charge on any atom is 0.319 e. The van der Waals surface area contributed by atoms with Crippen LogP contribution in [0.25, 0.3) is 0 Å². The van der Waals surface area contributed by atoms with Gasteiger partial charge >= 0.3 is 5.97 Å². The Kier molecular flexibility index (Phi) is 5.20. The Morgan fingerprint density at radius 1 is 1.29 bits per heavy atom. The zero-order valence-electron chi connectivity index (χ0n) is 11.7. The van der Waals surface area contributed by atoms with Crippen LogP contribution in [-0.4, -0.2) is 19.6 Å². The van der Waals surface area contributed by atoms with Gasteiger partial charge in [-0.3, -0.25) is 10.1 Å². The fourth-order valence-corrected chi connectivity index (χ4v) is 2.30. The lowest BCUT2D eigenvalue weighted by molar-refractivity contribution is -0.139. The van der Waals surface area contributed by atoms with Crippen molar-refractivity contribution in [1.29, 1.82) is 0 Å². The van der Waals surface area contributed by atoms with Gasteiger partial charge in [0, 0.05) is 10.7 Å². The second kappa shape index (κ2) is 7.11. The number of hydrogen-bond acceptors (Lipinski definition) is 4. The van der Waals surface area contributed by atoms with Gasteiger partial charge in [-0.05, 0) is 23.3 Å². The average Bonchev–Trinajstić information content (AvgIpc) is 2.50. The SMILES string of the molecule is COC(=O)CNC(c1ccccc1)c1ccc(Cl)cc1N. The van der Waals surface area contributed by atoms with E-state index < -0.39 is 0 Å². The standard InChI is InChI=1S/C16H17ClN2O2/c1-21-15(20)10-19-16(11-5-3-2-4-6-11)13-8-7-12(17)9-14(13)18/h2-9,16,19H,10,18H2,1H3. The van der Waals surface area contributed by atoms with Crippen molar-refractivity contribution in [2.75, 3.05) is 19.4 Å². The molecule has 1 atom stereocenters. The summed E-state index contributed by atoms with van der Waals surface area (Å²) >= 11 is 5.94. The van der Waals surface area contributed by atoms with Crippen LogP contribution in [0, 0.1) is 0 Å². The molecule has 21 heavy (non-hydrogen) atoms. The van der Waals surface area contributed by atoms with Gasteiger partial charge in [0.2, 0.25) is 0 Å². The molecule has 0 heterocycles.